The highest BCUT2D eigenvalue weighted by Gasteiger charge is 2.39. The van der Waals surface area contributed by atoms with Crippen molar-refractivity contribution < 1.29 is 19.3 Å². The fourth-order valence-electron chi connectivity index (χ4n) is 10.9. The van der Waals surface area contributed by atoms with E-state index in [-0.39, 0.29) is 55.7 Å². The van der Waals surface area contributed by atoms with Gasteiger partial charge < -0.3 is 4.74 Å². The molecule has 8 aromatic heterocycles. The number of hydrogen-bond donors (Lipinski definition) is 1. The summed E-state index contributed by atoms with van der Waals surface area (Å²) in [5, 5.41) is 67.3. The molecule has 30 heteroatoms. The van der Waals surface area contributed by atoms with E-state index in [0.29, 0.717) is 39.7 Å². The number of H-pyrrole nitrogens is 1. The van der Waals surface area contributed by atoms with Crippen molar-refractivity contribution in [2.24, 2.45) is 16.2 Å². The van der Waals surface area contributed by atoms with Crippen LogP contribution < -0.4 is 4.74 Å². The fraction of sp³-hybridized carbons (Fsp3) is 0.802. The SMILES string of the molecule is CC(C)(C)Cn1cc(C(C)(C)C)nn1.CC(C)(C)c1cn(C(F)F)nn1.CC(C)(C)c1cn(C2CCN(C(C)(C)C)CC2)nn1.CC(C)(C)c1cn(CCF)nn1.CC(C)(C)c1cn(C[Si](C)(C)C)nn1.CC1(Cn2cc(C(C)(C)C)nn2)CC1.CC1(Cn2cc(C(C)(C)C)nn2)CCC1.COc1n[nH]nc1C(C)(C)C.[HH]. The van der Waals surface area contributed by atoms with E-state index in [1.54, 1.807) is 13.3 Å². The standard InChI is InChI=1S/C15H28N4.C12H21N3.C11H19N3.C11H21N3.C10H21N3Si.C8H14FN3.C7H11F2N3.C7H13N3O.H2/c1-14(2,3)13-11-19(17-16-13)12-7-9-18(10-8-12)15(4,5)6;1-11(2,3)10-8-15(14-13-10)9-12(4)6-5-7-12;1-10(2,3)9-7-14(13-12-9)8-11(4)5-6-11;1-10(2,3)8-14-7-9(12-13-14)11(4,5)6;1-10(2,3)9-7-13(12-11-9)8-14(4,5)6;1-8(2,3)7-6-12(5-4-9)11-10-7;1-7(2,3)5-4-12(6(8)9)11-10-5;1-7(2,3)5-6(11-4)9-10-8-5;/h11-12H,7-10H2,1-6H3;8H,5-7,9H2,1-4H3;7H,5-6,8H2,1-4H3;2*7H,8H2,1-6H3;6H,4-5H2,1-3H3;4,6H,1-3H3;1-4H3,(H,8,9,10);1H. The largest absolute Gasteiger partial charge is 0.479 e. The lowest BCUT2D eigenvalue weighted by molar-refractivity contribution is 0.0545. The van der Waals surface area contributed by atoms with Crippen LogP contribution >= 0.6 is 0 Å². The van der Waals surface area contributed by atoms with E-state index in [4.69, 9.17) is 4.74 Å². The molecule has 0 spiro atoms. The zero-order chi connectivity index (χ0) is 84.8. The second kappa shape index (κ2) is 37.9. The fourth-order valence-corrected chi connectivity index (χ4v) is 12.1. The van der Waals surface area contributed by atoms with Crippen molar-refractivity contribution in [3.05, 3.63) is 88.9 Å². The number of halogens is 3. The van der Waals surface area contributed by atoms with Crippen molar-refractivity contribution >= 4 is 8.07 Å². The van der Waals surface area contributed by atoms with Gasteiger partial charge in [-0.15, -0.1) is 40.8 Å². The third-order valence-electron chi connectivity index (χ3n) is 18.8. The molecule has 8 aromatic rings. The van der Waals surface area contributed by atoms with Gasteiger partial charge in [-0.05, 0) is 75.5 Å². The molecule has 630 valence electrons. The molecular formula is C81H150F3N25OSi. The van der Waals surface area contributed by atoms with Gasteiger partial charge in [0.1, 0.15) is 12.4 Å². The Hall–Kier alpha value is -7.11. The molecule has 1 aliphatic heterocycles. The molecule has 1 N–H and O–H groups in total. The maximum Gasteiger partial charge on any atom is 0.334 e. The summed E-state index contributed by atoms with van der Waals surface area (Å²) in [5.41, 5.74) is 9.51. The maximum absolute atomic E-state index is 12.0. The molecule has 26 nitrogen and oxygen atoms in total. The highest BCUT2D eigenvalue weighted by molar-refractivity contribution is 6.74. The van der Waals surface area contributed by atoms with Crippen molar-refractivity contribution in [3.8, 4) is 5.88 Å². The maximum atomic E-state index is 12.0. The summed E-state index contributed by atoms with van der Waals surface area (Å²) >= 11 is 0. The predicted molar refractivity (Wildman–Crippen MR) is 444 cm³/mol. The lowest BCUT2D eigenvalue weighted by Crippen LogP contribution is -2.46. The second-order valence-electron chi connectivity index (χ2n) is 42.9. The molecular weight excluding hydrogens is 1420 g/mol. The summed E-state index contributed by atoms with van der Waals surface area (Å²) in [6.07, 6.45) is 23.6. The minimum Gasteiger partial charge on any atom is -0.479 e. The lowest BCUT2D eigenvalue weighted by Gasteiger charge is -2.40. The minimum absolute atomic E-state index is 0. The van der Waals surface area contributed by atoms with E-state index >= 15 is 0 Å². The van der Waals surface area contributed by atoms with E-state index < -0.39 is 21.3 Å². The van der Waals surface area contributed by atoms with Gasteiger partial charge in [0.05, 0.1) is 73.8 Å². The van der Waals surface area contributed by atoms with Gasteiger partial charge in [0, 0.05) is 126 Å². The van der Waals surface area contributed by atoms with Crippen LogP contribution in [0.3, 0.4) is 0 Å². The average Bonchev–Trinajstić information content (AvgIpc) is 1.64. The molecule has 111 heavy (non-hydrogen) atoms. The van der Waals surface area contributed by atoms with Crippen molar-refractivity contribution in [2.45, 2.75) is 380 Å². The number of piperidine rings is 1. The zero-order valence-corrected chi connectivity index (χ0v) is 76.6. The van der Waals surface area contributed by atoms with Crippen LogP contribution in [0, 0.1) is 16.2 Å². The highest BCUT2D eigenvalue weighted by Crippen LogP contribution is 2.46. The Bertz CT molecular complexity index is 3840. The first-order chi connectivity index (χ1) is 50.3. The smallest absolute Gasteiger partial charge is 0.334 e. The van der Waals surface area contributed by atoms with Crippen molar-refractivity contribution in [1.82, 2.24) is 125 Å². The summed E-state index contributed by atoms with van der Waals surface area (Å²) in [6.45, 7) is 78.3. The molecule has 2 aliphatic carbocycles. The molecule has 11 rings (SSSR count). The summed E-state index contributed by atoms with van der Waals surface area (Å²) in [4.78, 5) is 2.56. The number of methoxy groups -OCH3 is 1. The normalized spacial score (nSPS) is 15.7. The van der Waals surface area contributed by atoms with E-state index in [1.165, 1.54) is 55.8 Å². The lowest BCUT2D eigenvalue weighted by atomic mass is 9.70. The first kappa shape index (κ1) is 96.3. The van der Waals surface area contributed by atoms with Crippen molar-refractivity contribution in [2.75, 3.05) is 26.9 Å². The molecule has 1 saturated heterocycles. The van der Waals surface area contributed by atoms with Gasteiger partial charge in [0.15, 0.2) is 0 Å². The number of aromatic amines is 1. The van der Waals surface area contributed by atoms with E-state index in [2.05, 4.69) is 342 Å². The molecule has 0 bridgehead atoms. The van der Waals surface area contributed by atoms with Crippen LogP contribution in [0.25, 0.3) is 0 Å². The van der Waals surface area contributed by atoms with Crippen molar-refractivity contribution in [1.29, 1.82) is 0 Å². The van der Waals surface area contributed by atoms with Crippen LogP contribution in [-0.4, -0.2) is 166 Å². The van der Waals surface area contributed by atoms with E-state index in [9.17, 15) is 13.2 Å². The number of nitrogens with one attached hydrogen (secondary N) is 1. The minimum atomic E-state index is -2.60. The topological polar surface area (TPSA) is 269 Å². The highest BCUT2D eigenvalue weighted by atomic mass is 28.3. The summed E-state index contributed by atoms with van der Waals surface area (Å²) in [7, 11) is 0.507. The number of alkyl halides is 3. The average molecular weight is 1580 g/mol. The molecule has 3 aliphatic rings. The molecule has 0 amide bonds. The molecule has 0 atom stereocenters. The van der Waals surface area contributed by atoms with Crippen LogP contribution in [-0.2, 0) is 75.7 Å². The van der Waals surface area contributed by atoms with Gasteiger partial charge in [-0.3, -0.25) is 23.6 Å². The van der Waals surface area contributed by atoms with E-state index in [1.807, 2.05) is 45.7 Å². The van der Waals surface area contributed by atoms with Crippen LogP contribution in [0.15, 0.2) is 43.4 Å². The van der Waals surface area contributed by atoms with Gasteiger partial charge in [0.2, 0.25) is 0 Å². The summed E-state index contributed by atoms with van der Waals surface area (Å²) in [5.74, 6) is 0.581. The second-order valence-corrected chi connectivity index (χ2v) is 48.3. The summed E-state index contributed by atoms with van der Waals surface area (Å²) < 4.78 is 53.1. The number of aryl methyl sites for hydroxylation is 1. The first-order valence-electron chi connectivity index (χ1n) is 39.8. The Morgan fingerprint density at radius 1 is 0.459 bits per heavy atom. The van der Waals surface area contributed by atoms with Crippen LogP contribution in [0.1, 0.15) is 326 Å². The van der Waals surface area contributed by atoms with Gasteiger partial charge in [0.25, 0.3) is 5.88 Å². The third kappa shape index (κ3) is 33.9. The number of ether oxygens (including phenoxy) is 1. The van der Waals surface area contributed by atoms with Crippen LogP contribution in [0.5, 0.6) is 5.88 Å². The zero-order valence-electron chi connectivity index (χ0n) is 75.6. The number of aromatic nitrogens is 24. The van der Waals surface area contributed by atoms with Gasteiger partial charge in [-0.25, -0.2) is 13.8 Å². The number of hydrogen-bond acceptors (Lipinski definition) is 18. The van der Waals surface area contributed by atoms with Gasteiger partial charge in [-0.1, -0.05) is 263 Å². The van der Waals surface area contributed by atoms with Crippen LogP contribution in [0.4, 0.5) is 13.2 Å². The van der Waals surface area contributed by atoms with Crippen LogP contribution in [0.2, 0.25) is 19.6 Å². The Morgan fingerprint density at radius 3 is 1.12 bits per heavy atom. The Kier molecular flexibility index (Phi) is 32.9. The molecule has 0 radical (unpaired) electrons. The molecule has 3 fully saturated rings. The summed E-state index contributed by atoms with van der Waals surface area (Å²) in [6, 6.07) is 0.516. The van der Waals surface area contributed by atoms with Gasteiger partial charge >= 0.3 is 6.55 Å². The monoisotopic (exact) mass is 1570 g/mol. The number of nitrogens with zero attached hydrogens (tertiary/aromatic N) is 24. The Balaban J connectivity index is 0.000000333. The number of likely N-dealkylation sites (tertiary alicyclic amines) is 1. The predicted octanol–water partition coefficient (Wildman–Crippen LogP) is 18.1. The molecule has 0 aromatic carbocycles. The number of rotatable bonds is 12. The quantitative estimate of drug-likeness (QED) is 0.111. The Morgan fingerprint density at radius 2 is 0.811 bits per heavy atom. The van der Waals surface area contributed by atoms with Gasteiger partial charge in [-0.2, -0.15) is 23.8 Å². The molecule has 2 saturated carbocycles. The first-order valence-corrected chi connectivity index (χ1v) is 43.5. The third-order valence-corrected chi connectivity index (χ3v) is 20.1. The molecule has 0 unspecified atom stereocenters. The Labute approximate surface area is 667 Å². The molecule has 9 heterocycles. The van der Waals surface area contributed by atoms with Crippen molar-refractivity contribution in [3.63, 3.8) is 0 Å². The van der Waals surface area contributed by atoms with E-state index in [0.717, 1.165) is 78.7 Å².